The molecular weight excluding hydrogens is 252 g/mol. The molecule has 1 saturated carbocycles. The highest BCUT2D eigenvalue weighted by Crippen LogP contribution is 2.24. The van der Waals surface area contributed by atoms with E-state index >= 15 is 0 Å². The van der Waals surface area contributed by atoms with E-state index in [0.29, 0.717) is 18.5 Å². The number of carbonyl (C=O) groups excluding carboxylic acids is 1. The molecule has 1 aromatic carbocycles. The number of rotatable bonds is 5. The number of hydrogen-bond donors (Lipinski definition) is 1. The van der Waals surface area contributed by atoms with Crippen LogP contribution >= 0.6 is 0 Å². The SMILES string of the molecule is N#Cc1ccc(CC(=O)N(CCO)C2CCCC2)cc1. The number of benzene rings is 1. The molecule has 0 aliphatic heterocycles. The van der Waals surface area contributed by atoms with Crippen LogP contribution in [-0.2, 0) is 11.2 Å². The van der Waals surface area contributed by atoms with Crippen LogP contribution in [0.4, 0.5) is 0 Å². The Morgan fingerprint density at radius 1 is 1.30 bits per heavy atom. The van der Waals surface area contributed by atoms with Crippen LogP contribution in [0.5, 0.6) is 0 Å². The molecular formula is C16H20N2O2. The van der Waals surface area contributed by atoms with E-state index in [2.05, 4.69) is 6.07 Å². The largest absolute Gasteiger partial charge is 0.395 e. The second kappa shape index (κ2) is 7.06. The Balaban J connectivity index is 2.01. The maximum atomic E-state index is 12.4. The Labute approximate surface area is 119 Å². The minimum Gasteiger partial charge on any atom is -0.395 e. The van der Waals surface area contributed by atoms with Gasteiger partial charge in [-0.05, 0) is 30.5 Å². The van der Waals surface area contributed by atoms with Crippen LogP contribution in [0.3, 0.4) is 0 Å². The van der Waals surface area contributed by atoms with Gasteiger partial charge < -0.3 is 10.0 Å². The zero-order valence-electron chi connectivity index (χ0n) is 11.6. The summed E-state index contributed by atoms with van der Waals surface area (Å²) in [5, 5.41) is 17.9. The second-order valence-corrected chi connectivity index (χ2v) is 5.23. The van der Waals surface area contributed by atoms with Gasteiger partial charge in [0.25, 0.3) is 0 Å². The first-order chi connectivity index (χ1) is 9.74. The van der Waals surface area contributed by atoms with E-state index in [9.17, 15) is 4.79 Å². The van der Waals surface area contributed by atoms with E-state index in [0.717, 1.165) is 31.2 Å². The van der Waals surface area contributed by atoms with Gasteiger partial charge in [-0.1, -0.05) is 25.0 Å². The van der Waals surface area contributed by atoms with Crippen molar-refractivity contribution in [1.82, 2.24) is 4.90 Å². The number of hydrogen-bond acceptors (Lipinski definition) is 3. The van der Waals surface area contributed by atoms with Gasteiger partial charge in [0.2, 0.25) is 5.91 Å². The maximum absolute atomic E-state index is 12.4. The minimum atomic E-state index is 0.00953. The highest BCUT2D eigenvalue weighted by atomic mass is 16.3. The Hall–Kier alpha value is -1.86. The Morgan fingerprint density at radius 2 is 1.95 bits per heavy atom. The summed E-state index contributed by atoms with van der Waals surface area (Å²) in [5.41, 5.74) is 1.51. The average molecular weight is 272 g/mol. The van der Waals surface area contributed by atoms with Crippen molar-refractivity contribution >= 4 is 5.91 Å². The maximum Gasteiger partial charge on any atom is 0.227 e. The van der Waals surface area contributed by atoms with Gasteiger partial charge >= 0.3 is 0 Å². The van der Waals surface area contributed by atoms with Gasteiger partial charge in [-0.15, -0.1) is 0 Å². The van der Waals surface area contributed by atoms with Gasteiger partial charge in [0.05, 0.1) is 24.7 Å². The van der Waals surface area contributed by atoms with Crippen molar-refractivity contribution < 1.29 is 9.90 Å². The predicted octanol–water partition coefficient (Wildman–Crippen LogP) is 1.86. The summed E-state index contributed by atoms with van der Waals surface area (Å²) in [6.45, 7) is 0.426. The lowest BCUT2D eigenvalue weighted by Crippen LogP contribution is -2.41. The fourth-order valence-electron chi connectivity index (χ4n) is 2.81. The van der Waals surface area contributed by atoms with E-state index in [1.54, 1.807) is 12.1 Å². The van der Waals surface area contributed by atoms with E-state index < -0.39 is 0 Å². The van der Waals surface area contributed by atoms with E-state index in [-0.39, 0.29) is 18.6 Å². The third-order valence-electron chi connectivity index (χ3n) is 3.87. The van der Waals surface area contributed by atoms with Gasteiger partial charge in [-0.3, -0.25) is 4.79 Å². The Morgan fingerprint density at radius 3 is 2.50 bits per heavy atom. The van der Waals surface area contributed by atoms with Crippen molar-refractivity contribution in [2.45, 2.75) is 38.1 Å². The molecule has 1 aliphatic carbocycles. The number of aliphatic hydroxyl groups is 1. The Bertz CT molecular complexity index is 484. The molecule has 0 atom stereocenters. The van der Waals surface area contributed by atoms with Crippen LogP contribution in [0.15, 0.2) is 24.3 Å². The van der Waals surface area contributed by atoms with Crippen LogP contribution in [-0.4, -0.2) is 35.1 Å². The molecule has 0 unspecified atom stereocenters. The zero-order valence-corrected chi connectivity index (χ0v) is 11.6. The first-order valence-corrected chi connectivity index (χ1v) is 7.14. The molecule has 1 fully saturated rings. The summed E-state index contributed by atoms with van der Waals surface area (Å²) in [4.78, 5) is 14.2. The van der Waals surface area contributed by atoms with Gasteiger partial charge in [-0.2, -0.15) is 5.26 Å². The topological polar surface area (TPSA) is 64.3 Å². The monoisotopic (exact) mass is 272 g/mol. The molecule has 1 aliphatic rings. The number of nitrogens with zero attached hydrogens (tertiary/aromatic N) is 2. The molecule has 0 spiro atoms. The molecule has 1 aromatic rings. The highest BCUT2D eigenvalue weighted by Gasteiger charge is 2.25. The molecule has 4 heteroatoms. The van der Waals surface area contributed by atoms with E-state index in [4.69, 9.17) is 10.4 Å². The molecule has 0 heterocycles. The molecule has 2 rings (SSSR count). The number of aliphatic hydroxyl groups excluding tert-OH is 1. The standard InChI is InChI=1S/C16H20N2O2/c17-12-14-7-5-13(6-8-14)11-16(20)18(9-10-19)15-3-1-2-4-15/h5-8,15,19H,1-4,9-11H2. The second-order valence-electron chi connectivity index (χ2n) is 5.23. The van der Waals surface area contributed by atoms with Crippen molar-refractivity contribution in [3.05, 3.63) is 35.4 Å². The summed E-state index contributed by atoms with van der Waals surface area (Å²) in [6.07, 6.45) is 4.74. The lowest BCUT2D eigenvalue weighted by atomic mass is 10.1. The summed E-state index contributed by atoms with van der Waals surface area (Å²) >= 11 is 0. The summed E-state index contributed by atoms with van der Waals surface area (Å²) < 4.78 is 0. The van der Waals surface area contributed by atoms with Crippen molar-refractivity contribution in [3.63, 3.8) is 0 Å². The van der Waals surface area contributed by atoms with Gasteiger partial charge in [0.15, 0.2) is 0 Å². The predicted molar refractivity (Wildman–Crippen MR) is 75.9 cm³/mol. The average Bonchev–Trinajstić information content (AvgIpc) is 2.99. The zero-order chi connectivity index (χ0) is 14.4. The Kier molecular flexibility index (Phi) is 5.14. The first-order valence-electron chi connectivity index (χ1n) is 7.14. The third-order valence-corrected chi connectivity index (χ3v) is 3.87. The molecule has 20 heavy (non-hydrogen) atoms. The number of amides is 1. The normalized spacial score (nSPS) is 15.0. The lowest BCUT2D eigenvalue weighted by Gasteiger charge is -2.28. The van der Waals surface area contributed by atoms with E-state index in [1.807, 2.05) is 17.0 Å². The first kappa shape index (κ1) is 14.5. The smallest absolute Gasteiger partial charge is 0.227 e. The molecule has 4 nitrogen and oxygen atoms in total. The van der Waals surface area contributed by atoms with Crippen molar-refractivity contribution in [3.8, 4) is 6.07 Å². The third kappa shape index (κ3) is 3.58. The molecule has 0 saturated heterocycles. The fraction of sp³-hybridized carbons (Fsp3) is 0.500. The number of nitriles is 1. The summed E-state index contributed by atoms with van der Waals surface area (Å²) in [5.74, 6) is 0.0654. The van der Waals surface area contributed by atoms with Gasteiger partial charge in [0, 0.05) is 12.6 Å². The van der Waals surface area contributed by atoms with Crippen LogP contribution in [0.25, 0.3) is 0 Å². The lowest BCUT2D eigenvalue weighted by molar-refractivity contribution is -0.133. The molecule has 0 radical (unpaired) electrons. The van der Waals surface area contributed by atoms with Gasteiger partial charge in [-0.25, -0.2) is 0 Å². The van der Waals surface area contributed by atoms with Gasteiger partial charge in [0.1, 0.15) is 0 Å². The molecule has 1 amide bonds. The highest BCUT2D eigenvalue weighted by molar-refractivity contribution is 5.79. The summed E-state index contributed by atoms with van der Waals surface area (Å²) in [6, 6.07) is 9.46. The quantitative estimate of drug-likeness (QED) is 0.890. The van der Waals surface area contributed by atoms with Crippen LogP contribution < -0.4 is 0 Å². The minimum absolute atomic E-state index is 0.00953. The molecule has 0 aromatic heterocycles. The molecule has 106 valence electrons. The van der Waals surface area contributed by atoms with Crippen LogP contribution in [0.2, 0.25) is 0 Å². The van der Waals surface area contributed by atoms with Crippen molar-refractivity contribution in [1.29, 1.82) is 5.26 Å². The molecule has 0 bridgehead atoms. The van der Waals surface area contributed by atoms with Crippen LogP contribution in [0.1, 0.15) is 36.8 Å². The number of carbonyl (C=O) groups is 1. The fourth-order valence-corrected chi connectivity index (χ4v) is 2.81. The van der Waals surface area contributed by atoms with Crippen molar-refractivity contribution in [2.75, 3.05) is 13.2 Å². The van der Waals surface area contributed by atoms with Crippen LogP contribution in [0, 0.1) is 11.3 Å². The van der Waals surface area contributed by atoms with E-state index in [1.165, 1.54) is 0 Å². The summed E-state index contributed by atoms with van der Waals surface area (Å²) in [7, 11) is 0. The molecule has 1 N–H and O–H groups in total. The van der Waals surface area contributed by atoms with Crippen molar-refractivity contribution in [2.24, 2.45) is 0 Å².